The molecule has 0 aliphatic heterocycles. The van der Waals surface area contributed by atoms with Gasteiger partial charge in [0.25, 0.3) is 0 Å². The first-order valence-corrected chi connectivity index (χ1v) is 12.3. The summed E-state index contributed by atoms with van der Waals surface area (Å²) < 4.78 is 5.63. The van der Waals surface area contributed by atoms with E-state index in [-0.39, 0.29) is 0 Å². The van der Waals surface area contributed by atoms with Crippen LogP contribution in [0.15, 0.2) is 73.3 Å². The zero-order chi connectivity index (χ0) is 21.7. The van der Waals surface area contributed by atoms with E-state index in [4.69, 9.17) is 4.74 Å². The van der Waals surface area contributed by atoms with Gasteiger partial charge in [0.15, 0.2) is 0 Å². The van der Waals surface area contributed by atoms with Crippen LogP contribution in [0.5, 0.6) is 0 Å². The van der Waals surface area contributed by atoms with Crippen molar-refractivity contribution in [3.8, 4) is 11.1 Å². The molecular weight excluding hydrogens is 376 g/mol. The fourth-order valence-electron chi connectivity index (χ4n) is 4.75. The highest BCUT2D eigenvalue weighted by Gasteiger charge is 2.19. The van der Waals surface area contributed by atoms with E-state index < -0.39 is 0 Å². The second-order valence-corrected chi connectivity index (χ2v) is 9.13. The number of aryl methyl sites for hydroxylation is 1. The van der Waals surface area contributed by atoms with Gasteiger partial charge in [-0.2, -0.15) is 0 Å². The van der Waals surface area contributed by atoms with Gasteiger partial charge in [0.1, 0.15) is 0 Å². The van der Waals surface area contributed by atoms with E-state index in [9.17, 15) is 0 Å². The van der Waals surface area contributed by atoms with Crippen LogP contribution in [-0.4, -0.2) is 6.61 Å². The fourth-order valence-corrected chi connectivity index (χ4v) is 4.75. The Hall–Kier alpha value is -2.12. The molecule has 166 valence electrons. The van der Waals surface area contributed by atoms with Gasteiger partial charge in [-0.25, -0.2) is 0 Å². The lowest BCUT2D eigenvalue weighted by atomic mass is 9.78. The summed E-state index contributed by atoms with van der Waals surface area (Å²) in [4.78, 5) is 0. The predicted octanol–water partition coefficient (Wildman–Crippen LogP) is 8.54. The first kappa shape index (κ1) is 23.5. The average molecular weight is 417 g/mol. The van der Waals surface area contributed by atoms with E-state index in [0.717, 1.165) is 11.8 Å². The standard InChI is InChI=1S/C30H40O/c1-3-5-23-31-24-28-17-21-30(22-18-28)29-19-15-27(16-20-29)10-7-6-9-26-13-11-25(8-4-2)12-14-26/h3-5,15-22,25-26H,2,6-14,23-24H2,1H3/b5-3+. The number of allylic oxidation sites excluding steroid dienone is 2. The van der Waals surface area contributed by atoms with Gasteiger partial charge < -0.3 is 4.74 Å². The topological polar surface area (TPSA) is 9.23 Å². The molecule has 0 spiro atoms. The van der Waals surface area contributed by atoms with Crippen molar-refractivity contribution in [1.29, 1.82) is 0 Å². The van der Waals surface area contributed by atoms with Crippen LogP contribution in [0.2, 0.25) is 0 Å². The Kier molecular flexibility index (Phi) is 10.1. The first-order chi connectivity index (χ1) is 15.3. The van der Waals surface area contributed by atoms with E-state index in [1.165, 1.54) is 80.0 Å². The summed E-state index contributed by atoms with van der Waals surface area (Å²) in [6.07, 6.45) is 18.4. The Bertz CT molecular complexity index is 776. The molecule has 0 unspecified atom stereocenters. The Balaban J connectivity index is 1.37. The molecule has 2 aromatic rings. The molecule has 1 aliphatic carbocycles. The van der Waals surface area contributed by atoms with Gasteiger partial charge in [0, 0.05) is 0 Å². The molecule has 1 nitrogen and oxygen atoms in total. The number of ether oxygens (including phenoxy) is 1. The van der Waals surface area contributed by atoms with Gasteiger partial charge in [-0.1, -0.05) is 92.4 Å². The summed E-state index contributed by atoms with van der Waals surface area (Å²) >= 11 is 0. The molecule has 0 heterocycles. The quantitative estimate of drug-likeness (QED) is 0.249. The number of rotatable bonds is 12. The van der Waals surface area contributed by atoms with Crippen LogP contribution in [-0.2, 0) is 17.8 Å². The van der Waals surface area contributed by atoms with Crippen molar-refractivity contribution in [2.45, 2.75) is 71.3 Å². The monoisotopic (exact) mass is 416 g/mol. The molecule has 3 rings (SSSR count). The molecule has 2 aromatic carbocycles. The van der Waals surface area contributed by atoms with Gasteiger partial charge >= 0.3 is 0 Å². The summed E-state index contributed by atoms with van der Waals surface area (Å²) in [5, 5.41) is 0. The van der Waals surface area contributed by atoms with Crippen molar-refractivity contribution < 1.29 is 4.74 Å². The second-order valence-electron chi connectivity index (χ2n) is 9.13. The molecule has 0 amide bonds. The molecule has 0 N–H and O–H groups in total. The van der Waals surface area contributed by atoms with Crippen molar-refractivity contribution in [3.63, 3.8) is 0 Å². The maximum Gasteiger partial charge on any atom is 0.0721 e. The Morgan fingerprint density at radius 1 is 0.839 bits per heavy atom. The normalized spacial score (nSPS) is 19.0. The Morgan fingerprint density at radius 3 is 2.06 bits per heavy atom. The van der Waals surface area contributed by atoms with E-state index >= 15 is 0 Å². The molecule has 1 fully saturated rings. The lowest BCUT2D eigenvalue weighted by Crippen LogP contribution is -2.14. The van der Waals surface area contributed by atoms with Gasteiger partial charge in [0.2, 0.25) is 0 Å². The lowest BCUT2D eigenvalue weighted by molar-refractivity contribution is 0.148. The number of benzene rings is 2. The van der Waals surface area contributed by atoms with E-state index in [1.54, 1.807) is 0 Å². The second kappa shape index (κ2) is 13.3. The van der Waals surface area contributed by atoms with Crippen molar-refractivity contribution in [3.05, 3.63) is 84.5 Å². The van der Waals surface area contributed by atoms with Gasteiger partial charge in [-0.15, -0.1) is 6.58 Å². The third kappa shape index (κ3) is 8.15. The van der Waals surface area contributed by atoms with Crippen LogP contribution < -0.4 is 0 Å². The van der Waals surface area contributed by atoms with E-state index in [2.05, 4.69) is 61.2 Å². The molecular formula is C30H40O. The lowest BCUT2D eigenvalue weighted by Gasteiger charge is -2.27. The minimum absolute atomic E-state index is 0.666. The van der Waals surface area contributed by atoms with Gasteiger partial charge in [-0.05, 0) is 73.1 Å². The minimum atomic E-state index is 0.666. The highest BCUT2D eigenvalue weighted by Crippen LogP contribution is 2.33. The molecule has 0 aromatic heterocycles. The highest BCUT2D eigenvalue weighted by atomic mass is 16.5. The Morgan fingerprint density at radius 2 is 1.45 bits per heavy atom. The number of unbranched alkanes of at least 4 members (excludes halogenated alkanes) is 1. The minimum Gasteiger partial charge on any atom is -0.373 e. The van der Waals surface area contributed by atoms with Crippen LogP contribution >= 0.6 is 0 Å². The van der Waals surface area contributed by atoms with Crippen molar-refractivity contribution in [2.75, 3.05) is 6.61 Å². The van der Waals surface area contributed by atoms with Crippen LogP contribution in [0.3, 0.4) is 0 Å². The summed E-state index contributed by atoms with van der Waals surface area (Å²) in [5.41, 5.74) is 5.25. The maximum atomic E-state index is 5.63. The summed E-state index contributed by atoms with van der Waals surface area (Å²) in [6.45, 7) is 7.26. The number of hydrogen-bond acceptors (Lipinski definition) is 1. The smallest absolute Gasteiger partial charge is 0.0721 e. The predicted molar refractivity (Wildman–Crippen MR) is 134 cm³/mol. The SMILES string of the molecule is C=CCC1CCC(CCCCc2ccc(-c3ccc(COC/C=C/C)cc3)cc2)CC1. The Labute approximate surface area is 190 Å². The van der Waals surface area contributed by atoms with Crippen LogP contribution in [0.25, 0.3) is 11.1 Å². The van der Waals surface area contributed by atoms with Gasteiger partial charge in [-0.3, -0.25) is 0 Å². The molecule has 1 aliphatic rings. The number of hydrogen-bond donors (Lipinski definition) is 0. The van der Waals surface area contributed by atoms with Crippen molar-refractivity contribution in [2.24, 2.45) is 11.8 Å². The zero-order valence-corrected chi connectivity index (χ0v) is 19.4. The summed E-state index contributed by atoms with van der Waals surface area (Å²) in [5.74, 6) is 1.89. The molecule has 1 heteroatoms. The maximum absolute atomic E-state index is 5.63. The van der Waals surface area contributed by atoms with Crippen molar-refractivity contribution in [1.82, 2.24) is 0 Å². The van der Waals surface area contributed by atoms with Crippen LogP contribution in [0, 0.1) is 11.8 Å². The fraction of sp³-hybridized carbons (Fsp3) is 0.467. The van der Waals surface area contributed by atoms with Gasteiger partial charge in [0.05, 0.1) is 13.2 Å². The largest absolute Gasteiger partial charge is 0.373 e. The first-order valence-electron chi connectivity index (χ1n) is 12.3. The highest BCUT2D eigenvalue weighted by molar-refractivity contribution is 5.63. The zero-order valence-electron chi connectivity index (χ0n) is 19.4. The third-order valence-corrected chi connectivity index (χ3v) is 6.75. The molecule has 0 atom stereocenters. The van der Waals surface area contributed by atoms with E-state index in [0.29, 0.717) is 13.2 Å². The van der Waals surface area contributed by atoms with Crippen LogP contribution in [0.1, 0.15) is 69.4 Å². The molecule has 0 saturated heterocycles. The third-order valence-electron chi connectivity index (χ3n) is 6.75. The van der Waals surface area contributed by atoms with Crippen LogP contribution in [0.4, 0.5) is 0 Å². The average Bonchev–Trinajstić information content (AvgIpc) is 2.82. The van der Waals surface area contributed by atoms with Crippen molar-refractivity contribution >= 4 is 0 Å². The molecule has 31 heavy (non-hydrogen) atoms. The molecule has 0 bridgehead atoms. The molecule has 0 radical (unpaired) electrons. The summed E-state index contributed by atoms with van der Waals surface area (Å²) in [6, 6.07) is 17.9. The summed E-state index contributed by atoms with van der Waals surface area (Å²) in [7, 11) is 0. The van der Waals surface area contributed by atoms with E-state index in [1.807, 2.05) is 19.1 Å². The molecule has 1 saturated carbocycles.